The monoisotopic (exact) mass is 461 g/mol. The molecule has 2 aromatic carbocycles. The van der Waals surface area contributed by atoms with Crippen LogP contribution in [0.4, 0.5) is 0 Å². The summed E-state index contributed by atoms with van der Waals surface area (Å²) >= 11 is 3.07. The van der Waals surface area contributed by atoms with Crippen LogP contribution in [0.25, 0.3) is 16.4 Å². The highest BCUT2D eigenvalue weighted by Gasteiger charge is 2.17. The van der Waals surface area contributed by atoms with Gasteiger partial charge >= 0.3 is 0 Å². The summed E-state index contributed by atoms with van der Waals surface area (Å²) in [7, 11) is 0. The Labute approximate surface area is 193 Å². The molecule has 0 radical (unpaired) electrons. The first-order valence-corrected chi connectivity index (χ1v) is 11.8. The van der Waals surface area contributed by atoms with Gasteiger partial charge in [-0.3, -0.25) is 4.57 Å². The maximum atomic E-state index is 6.03. The Kier molecular flexibility index (Phi) is 6.00. The van der Waals surface area contributed by atoms with Crippen molar-refractivity contribution in [3.63, 3.8) is 0 Å². The van der Waals surface area contributed by atoms with E-state index in [-0.39, 0.29) is 0 Å². The average Bonchev–Trinajstić information content (AvgIpc) is 3.58. The average molecular weight is 462 g/mol. The number of aromatic nitrogens is 5. The molecule has 7 nitrogen and oxygen atoms in total. The smallest absolute Gasteiger partial charge is 0.237 e. The van der Waals surface area contributed by atoms with Gasteiger partial charge in [-0.1, -0.05) is 59.4 Å². The van der Waals surface area contributed by atoms with Crippen molar-refractivity contribution >= 4 is 23.1 Å². The van der Waals surface area contributed by atoms with Crippen molar-refractivity contribution in [2.45, 2.75) is 24.4 Å². The van der Waals surface area contributed by atoms with Crippen molar-refractivity contribution < 1.29 is 9.26 Å². The van der Waals surface area contributed by atoms with Crippen LogP contribution in [0.1, 0.15) is 17.3 Å². The summed E-state index contributed by atoms with van der Waals surface area (Å²) < 4.78 is 13.5. The first kappa shape index (κ1) is 20.5. The number of thioether (sulfide) groups is 1. The fourth-order valence-corrected chi connectivity index (χ4v) is 4.59. The Morgan fingerprint density at radius 1 is 1.00 bits per heavy atom. The fraction of sp³-hybridized carbons (Fsp3) is 0.130. The lowest BCUT2D eigenvalue weighted by atomic mass is 10.2. The first-order chi connectivity index (χ1) is 15.8. The maximum absolute atomic E-state index is 6.03. The van der Waals surface area contributed by atoms with Gasteiger partial charge in [0.15, 0.2) is 11.0 Å². The third kappa shape index (κ3) is 4.44. The summed E-state index contributed by atoms with van der Waals surface area (Å²) in [5, 5.41) is 15.6. The van der Waals surface area contributed by atoms with Crippen molar-refractivity contribution in [1.82, 2.24) is 24.9 Å². The van der Waals surface area contributed by atoms with Crippen LogP contribution in [0.3, 0.4) is 0 Å². The largest absolute Gasteiger partial charge is 0.485 e. The van der Waals surface area contributed by atoms with E-state index in [4.69, 9.17) is 9.26 Å². The van der Waals surface area contributed by atoms with E-state index in [9.17, 15) is 0 Å². The summed E-state index contributed by atoms with van der Waals surface area (Å²) in [5.74, 6) is 3.18. The van der Waals surface area contributed by atoms with Crippen molar-refractivity contribution in [3.05, 3.63) is 89.4 Å². The van der Waals surface area contributed by atoms with Gasteiger partial charge in [0.05, 0.1) is 10.6 Å². The SMILES string of the molecule is Cc1ccccc1OCc1nnc(SCc2nc(-c3cccs3)no2)n1-c1ccccc1. The third-order valence-electron chi connectivity index (χ3n) is 4.70. The van der Waals surface area contributed by atoms with Gasteiger partial charge in [-0.25, -0.2) is 0 Å². The van der Waals surface area contributed by atoms with Crippen LogP contribution >= 0.6 is 23.1 Å². The Hall–Kier alpha value is -3.43. The highest BCUT2D eigenvalue weighted by atomic mass is 32.2. The normalized spacial score (nSPS) is 11.0. The van der Waals surface area contributed by atoms with E-state index in [1.54, 1.807) is 11.3 Å². The molecule has 0 bridgehead atoms. The zero-order chi connectivity index (χ0) is 21.8. The molecule has 160 valence electrons. The predicted molar refractivity (Wildman–Crippen MR) is 124 cm³/mol. The second kappa shape index (κ2) is 9.37. The molecule has 3 aromatic heterocycles. The van der Waals surface area contributed by atoms with Crippen molar-refractivity contribution in [1.29, 1.82) is 0 Å². The number of hydrogen-bond acceptors (Lipinski definition) is 8. The van der Waals surface area contributed by atoms with E-state index >= 15 is 0 Å². The van der Waals surface area contributed by atoms with Crippen LogP contribution in [0.15, 0.2) is 81.8 Å². The molecule has 5 rings (SSSR count). The summed E-state index contributed by atoms with van der Waals surface area (Å²) in [4.78, 5) is 5.47. The molecule has 5 aromatic rings. The molecule has 9 heteroatoms. The van der Waals surface area contributed by atoms with Crippen molar-refractivity contribution in [3.8, 4) is 22.1 Å². The Morgan fingerprint density at radius 2 is 1.84 bits per heavy atom. The van der Waals surface area contributed by atoms with Crippen molar-refractivity contribution in [2.75, 3.05) is 0 Å². The van der Waals surface area contributed by atoms with Gasteiger partial charge in [0.1, 0.15) is 12.4 Å². The van der Waals surface area contributed by atoms with Crippen LogP contribution in [-0.2, 0) is 12.4 Å². The summed E-state index contributed by atoms with van der Waals surface area (Å²) in [6.07, 6.45) is 0. The highest BCUT2D eigenvalue weighted by molar-refractivity contribution is 7.98. The minimum atomic E-state index is 0.302. The number of nitrogens with zero attached hydrogens (tertiary/aromatic N) is 5. The van der Waals surface area contributed by atoms with Crippen LogP contribution in [0, 0.1) is 6.92 Å². The van der Waals surface area contributed by atoms with Gasteiger partial charge in [-0.15, -0.1) is 21.5 Å². The third-order valence-corrected chi connectivity index (χ3v) is 6.48. The molecule has 0 saturated heterocycles. The zero-order valence-electron chi connectivity index (χ0n) is 17.2. The molecule has 0 saturated carbocycles. The maximum Gasteiger partial charge on any atom is 0.237 e. The minimum absolute atomic E-state index is 0.302. The molecule has 0 aliphatic heterocycles. The van der Waals surface area contributed by atoms with Gasteiger partial charge in [0.2, 0.25) is 11.7 Å². The van der Waals surface area contributed by atoms with Gasteiger partial charge in [0.25, 0.3) is 0 Å². The van der Waals surface area contributed by atoms with Gasteiger partial charge in [-0.2, -0.15) is 4.98 Å². The minimum Gasteiger partial charge on any atom is -0.485 e. The van der Waals surface area contributed by atoms with Gasteiger partial charge in [-0.05, 0) is 42.1 Å². The van der Waals surface area contributed by atoms with Crippen LogP contribution in [0.2, 0.25) is 0 Å². The Bertz CT molecular complexity index is 1300. The van der Waals surface area contributed by atoms with Crippen LogP contribution in [0.5, 0.6) is 5.75 Å². The number of hydrogen-bond donors (Lipinski definition) is 0. The lowest BCUT2D eigenvalue weighted by molar-refractivity contribution is 0.291. The lowest BCUT2D eigenvalue weighted by Gasteiger charge is -2.11. The fourth-order valence-electron chi connectivity index (χ4n) is 3.13. The van der Waals surface area contributed by atoms with Gasteiger partial charge in [0, 0.05) is 5.69 Å². The quantitative estimate of drug-likeness (QED) is 0.280. The topological polar surface area (TPSA) is 78.9 Å². The second-order valence-electron chi connectivity index (χ2n) is 6.90. The standard InChI is InChI=1S/C23H19N5O2S2/c1-16-8-5-6-11-18(16)29-14-20-25-26-23(28(20)17-9-3-2-4-10-17)32-15-21-24-22(27-30-21)19-12-7-13-31-19/h2-13H,14-15H2,1H3. The zero-order valence-corrected chi connectivity index (χ0v) is 18.8. The molecule has 0 atom stereocenters. The molecule has 0 N–H and O–H groups in total. The summed E-state index contributed by atoms with van der Waals surface area (Å²) in [6.45, 7) is 2.32. The molecule has 0 aliphatic carbocycles. The first-order valence-electron chi connectivity index (χ1n) is 9.95. The van der Waals surface area contributed by atoms with E-state index in [0.717, 1.165) is 27.0 Å². The molecule has 0 unspecified atom stereocenters. The van der Waals surface area contributed by atoms with E-state index in [1.165, 1.54) is 11.8 Å². The Balaban J connectivity index is 1.37. The number of thiophene rings is 1. The number of benzene rings is 2. The highest BCUT2D eigenvalue weighted by Crippen LogP contribution is 2.27. The van der Waals surface area contributed by atoms with E-state index in [1.807, 2.05) is 83.6 Å². The molecule has 0 fully saturated rings. The van der Waals surface area contributed by atoms with Crippen LogP contribution < -0.4 is 4.74 Å². The molecule has 32 heavy (non-hydrogen) atoms. The molecule has 3 heterocycles. The molecular weight excluding hydrogens is 442 g/mol. The van der Waals surface area contributed by atoms with E-state index in [0.29, 0.717) is 29.9 Å². The number of para-hydroxylation sites is 2. The second-order valence-corrected chi connectivity index (χ2v) is 8.79. The number of ether oxygens (including phenoxy) is 1. The number of aryl methyl sites for hydroxylation is 1. The Morgan fingerprint density at radius 3 is 2.66 bits per heavy atom. The molecule has 0 amide bonds. The molecular formula is C23H19N5O2S2. The molecule has 0 aliphatic rings. The summed E-state index contributed by atoms with van der Waals surface area (Å²) in [6, 6.07) is 21.9. The van der Waals surface area contributed by atoms with Crippen LogP contribution in [-0.4, -0.2) is 24.9 Å². The van der Waals surface area contributed by atoms with E-state index in [2.05, 4.69) is 20.3 Å². The predicted octanol–water partition coefficient (Wildman–Crippen LogP) is 5.56. The van der Waals surface area contributed by atoms with Crippen molar-refractivity contribution in [2.24, 2.45) is 0 Å². The van der Waals surface area contributed by atoms with Gasteiger partial charge < -0.3 is 9.26 Å². The lowest BCUT2D eigenvalue weighted by Crippen LogP contribution is -2.07. The molecule has 0 spiro atoms. The summed E-state index contributed by atoms with van der Waals surface area (Å²) in [5.41, 5.74) is 2.04. The van der Waals surface area contributed by atoms with E-state index < -0.39 is 0 Å². The number of rotatable bonds is 8.